The minimum Gasteiger partial charge on any atom is -0.497 e. The van der Waals surface area contributed by atoms with Crippen LogP contribution in [-0.2, 0) is 11.2 Å². The number of hydrogen-bond donors (Lipinski definition) is 0. The molecule has 0 spiro atoms. The third-order valence-corrected chi connectivity index (χ3v) is 5.54. The highest BCUT2D eigenvalue weighted by molar-refractivity contribution is 5.79. The van der Waals surface area contributed by atoms with Crippen LogP contribution in [0.1, 0.15) is 61.7 Å². The van der Waals surface area contributed by atoms with Gasteiger partial charge in [-0.2, -0.15) is 4.98 Å². The van der Waals surface area contributed by atoms with Crippen LogP contribution >= 0.6 is 0 Å². The van der Waals surface area contributed by atoms with E-state index >= 15 is 0 Å². The second-order valence-corrected chi connectivity index (χ2v) is 7.31. The van der Waals surface area contributed by atoms with Gasteiger partial charge in [-0.25, -0.2) is 0 Å². The Morgan fingerprint density at radius 2 is 1.96 bits per heavy atom. The average molecular weight is 355 g/mol. The summed E-state index contributed by atoms with van der Waals surface area (Å²) in [6.45, 7) is 0.727. The van der Waals surface area contributed by atoms with Crippen molar-refractivity contribution < 1.29 is 14.1 Å². The summed E-state index contributed by atoms with van der Waals surface area (Å²) >= 11 is 0. The summed E-state index contributed by atoms with van der Waals surface area (Å²) in [6.07, 6.45) is 7.10. The summed E-state index contributed by atoms with van der Waals surface area (Å²) in [5.74, 6) is 2.38. The Hall–Kier alpha value is -2.37. The monoisotopic (exact) mass is 355 g/mol. The maximum Gasteiger partial charge on any atom is 0.231 e. The molecular weight excluding hydrogens is 330 g/mol. The van der Waals surface area contributed by atoms with Gasteiger partial charge in [0.1, 0.15) is 5.75 Å². The molecule has 2 aliphatic rings. The van der Waals surface area contributed by atoms with E-state index in [1.165, 1.54) is 19.3 Å². The molecule has 1 atom stereocenters. The van der Waals surface area contributed by atoms with E-state index in [1.807, 2.05) is 24.3 Å². The maximum absolute atomic E-state index is 12.4. The van der Waals surface area contributed by atoms with E-state index in [-0.39, 0.29) is 11.8 Å². The van der Waals surface area contributed by atoms with Gasteiger partial charge in [0.2, 0.25) is 11.8 Å². The van der Waals surface area contributed by atoms with Crippen LogP contribution in [0.3, 0.4) is 0 Å². The van der Waals surface area contributed by atoms with E-state index < -0.39 is 0 Å². The first kappa shape index (κ1) is 17.1. The average Bonchev–Trinajstić information content (AvgIpc) is 3.30. The molecule has 1 amide bonds. The molecule has 1 saturated carbocycles. The molecule has 6 nitrogen and oxygen atoms in total. The summed E-state index contributed by atoms with van der Waals surface area (Å²) in [6, 6.07) is 8.24. The Morgan fingerprint density at radius 3 is 2.69 bits per heavy atom. The summed E-state index contributed by atoms with van der Waals surface area (Å²) < 4.78 is 10.6. The zero-order chi connectivity index (χ0) is 17.9. The highest BCUT2D eigenvalue weighted by atomic mass is 16.5. The number of amides is 1. The van der Waals surface area contributed by atoms with Gasteiger partial charge in [-0.3, -0.25) is 4.79 Å². The first-order chi connectivity index (χ1) is 12.7. The Bertz CT molecular complexity index is 750. The van der Waals surface area contributed by atoms with Crippen molar-refractivity contribution in [1.29, 1.82) is 0 Å². The van der Waals surface area contributed by atoms with E-state index in [0.717, 1.165) is 30.7 Å². The van der Waals surface area contributed by atoms with Gasteiger partial charge >= 0.3 is 0 Å². The zero-order valence-corrected chi connectivity index (χ0v) is 15.2. The molecule has 26 heavy (non-hydrogen) atoms. The van der Waals surface area contributed by atoms with Crippen molar-refractivity contribution in [1.82, 2.24) is 15.0 Å². The molecule has 1 aromatic carbocycles. The molecule has 1 saturated heterocycles. The maximum atomic E-state index is 12.4. The normalized spacial score (nSPS) is 21.3. The molecular formula is C20H25N3O3. The summed E-state index contributed by atoms with van der Waals surface area (Å²) in [5.41, 5.74) is 1.09. The Labute approximate surface area is 153 Å². The van der Waals surface area contributed by atoms with Gasteiger partial charge in [0.15, 0.2) is 5.82 Å². The zero-order valence-electron chi connectivity index (χ0n) is 15.2. The predicted octanol–water partition coefficient (Wildman–Crippen LogP) is 3.32. The number of benzene rings is 1. The molecule has 1 aliphatic heterocycles. The fourth-order valence-corrected chi connectivity index (χ4v) is 4.07. The molecule has 6 heteroatoms. The third kappa shape index (κ3) is 3.59. The highest BCUT2D eigenvalue weighted by Crippen LogP contribution is 2.32. The quantitative estimate of drug-likeness (QED) is 0.823. The highest BCUT2D eigenvalue weighted by Gasteiger charge is 2.37. The minimum atomic E-state index is 0.0535. The van der Waals surface area contributed by atoms with Crippen molar-refractivity contribution in [2.45, 2.75) is 56.9 Å². The number of carbonyl (C=O) groups is 1. The number of methoxy groups -OCH3 is 1. The molecule has 0 bridgehead atoms. The van der Waals surface area contributed by atoms with Crippen molar-refractivity contribution >= 4 is 5.91 Å². The van der Waals surface area contributed by atoms with Crippen molar-refractivity contribution in [3.63, 3.8) is 0 Å². The molecule has 2 aromatic rings. The fraction of sp³-hybridized carbons (Fsp3) is 0.550. The fourth-order valence-electron chi connectivity index (χ4n) is 4.07. The topological polar surface area (TPSA) is 68.5 Å². The molecule has 0 unspecified atom stereocenters. The molecule has 1 aliphatic carbocycles. The van der Waals surface area contributed by atoms with E-state index in [4.69, 9.17) is 9.26 Å². The number of nitrogens with zero attached hydrogens (tertiary/aromatic N) is 3. The number of carbonyl (C=O) groups excluding carboxylic acids is 1. The summed E-state index contributed by atoms with van der Waals surface area (Å²) in [7, 11) is 1.65. The van der Waals surface area contributed by atoms with Crippen molar-refractivity contribution in [3.05, 3.63) is 41.5 Å². The lowest BCUT2D eigenvalue weighted by atomic mass is 9.94. The smallest absolute Gasteiger partial charge is 0.231 e. The lowest BCUT2D eigenvalue weighted by Gasteiger charge is -2.31. The van der Waals surface area contributed by atoms with Crippen molar-refractivity contribution in [3.8, 4) is 5.75 Å². The van der Waals surface area contributed by atoms with Crippen molar-refractivity contribution in [2.75, 3.05) is 13.7 Å². The molecule has 2 fully saturated rings. The number of ether oxygens (including phenoxy) is 1. The Kier molecular flexibility index (Phi) is 4.91. The molecule has 138 valence electrons. The summed E-state index contributed by atoms with van der Waals surface area (Å²) in [5, 5.41) is 4.15. The lowest BCUT2D eigenvalue weighted by Crippen LogP contribution is -2.37. The number of likely N-dealkylation sites (tertiary alicyclic amines) is 1. The van der Waals surface area contributed by atoms with Crippen LogP contribution in [0.25, 0.3) is 0 Å². The van der Waals surface area contributed by atoms with Gasteiger partial charge < -0.3 is 14.2 Å². The number of hydrogen-bond acceptors (Lipinski definition) is 5. The molecule has 0 N–H and O–H groups in total. The van der Waals surface area contributed by atoms with E-state index in [9.17, 15) is 4.79 Å². The SMILES string of the molecule is COc1ccc(Cc2nc([C@H]3CC(=O)N(C4CCCCC4)C3)no2)cc1. The standard InChI is InChI=1S/C20H25N3O3/c1-25-17-9-7-14(8-10-17)11-18-21-20(22-26-18)15-12-19(24)23(13-15)16-5-3-2-4-6-16/h7-10,15-16H,2-6,11-13H2,1H3/t15-/m0/s1. The number of aromatic nitrogens is 2. The van der Waals surface area contributed by atoms with Crippen LogP contribution in [0, 0.1) is 0 Å². The van der Waals surface area contributed by atoms with E-state index in [2.05, 4.69) is 15.0 Å². The lowest BCUT2D eigenvalue weighted by molar-refractivity contribution is -0.130. The summed E-state index contributed by atoms with van der Waals surface area (Å²) in [4.78, 5) is 19.1. The molecule has 1 aromatic heterocycles. The molecule has 0 radical (unpaired) electrons. The van der Waals surface area contributed by atoms with Crippen LogP contribution in [0.2, 0.25) is 0 Å². The van der Waals surface area contributed by atoms with Gasteiger partial charge in [0.05, 0.1) is 13.5 Å². The van der Waals surface area contributed by atoms with Crippen LogP contribution in [-0.4, -0.2) is 40.6 Å². The van der Waals surface area contributed by atoms with E-state index in [0.29, 0.717) is 30.6 Å². The van der Waals surface area contributed by atoms with Gasteiger partial charge in [-0.1, -0.05) is 36.6 Å². The minimum absolute atomic E-state index is 0.0535. The van der Waals surface area contributed by atoms with Gasteiger partial charge in [0, 0.05) is 24.9 Å². The van der Waals surface area contributed by atoms with E-state index in [1.54, 1.807) is 7.11 Å². The van der Waals surface area contributed by atoms with Crippen molar-refractivity contribution in [2.24, 2.45) is 0 Å². The Balaban J connectivity index is 1.40. The van der Waals surface area contributed by atoms with Gasteiger partial charge in [-0.15, -0.1) is 0 Å². The van der Waals surface area contributed by atoms with Crippen LogP contribution in [0.15, 0.2) is 28.8 Å². The second-order valence-electron chi connectivity index (χ2n) is 7.31. The second kappa shape index (κ2) is 7.48. The molecule has 2 heterocycles. The number of rotatable bonds is 5. The van der Waals surface area contributed by atoms with Crippen LogP contribution < -0.4 is 4.74 Å². The first-order valence-electron chi connectivity index (χ1n) is 9.48. The first-order valence-corrected chi connectivity index (χ1v) is 9.48. The largest absolute Gasteiger partial charge is 0.497 e. The Morgan fingerprint density at radius 1 is 1.19 bits per heavy atom. The molecule has 4 rings (SSSR count). The van der Waals surface area contributed by atoms with Gasteiger partial charge in [-0.05, 0) is 30.5 Å². The van der Waals surface area contributed by atoms with Crippen LogP contribution in [0.5, 0.6) is 5.75 Å². The van der Waals surface area contributed by atoms with Gasteiger partial charge in [0.25, 0.3) is 0 Å². The third-order valence-electron chi connectivity index (χ3n) is 5.54. The van der Waals surface area contributed by atoms with Crippen LogP contribution in [0.4, 0.5) is 0 Å². The predicted molar refractivity (Wildman–Crippen MR) is 96.0 cm³/mol.